The summed E-state index contributed by atoms with van der Waals surface area (Å²) in [5.74, 6) is -0.416. The van der Waals surface area contributed by atoms with E-state index in [1.54, 1.807) is 6.07 Å². The molecule has 3 aromatic carbocycles. The van der Waals surface area contributed by atoms with Crippen LogP contribution in [0.15, 0.2) is 60.7 Å². The molecule has 1 aromatic heterocycles. The molecule has 0 radical (unpaired) electrons. The van der Waals surface area contributed by atoms with Crippen LogP contribution in [-0.4, -0.2) is 28.1 Å². The number of halogens is 2. The van der Waals surface area contributed by atoms with Crippen LogP contribution in [0.25, 0.3) is 11.0 Å². The number of amides is 1. The standard InChI is InChI=1S/C28H29ClFN5O/c1-18-7-9-24(32-19(2)36)26(15-18)33-13-11-22(12-14-33)35-27-16-21(30)8-10-25(27)34(28(35)31)17-20-5-3-4-6-23(20)29/h3-10,15-16,22,31H,11-14,17H2,1-2H3,(H,32,36). The number of aryl methyl sites for hydroxylation is 1. The highest BCUT2D eigenvalue weighted by Crippen LogP contribution is 2.33. The minimum atomic E-state index is -0.316. The van der Waals surface area contributed by atoms with Crippen LogP contribution in [0.1, 0.15) is 36.9 Å². The number of nitrogens with zero attached hydrogens (tertiary/aromatic N) is 3. The first kappa shape index (κ1) is 24.1. The summed E-state index contributed by atoms with van der Waals surface area (Å²) in [7, 11) is 0. The van der Waals surface area contributed by atoms with Gasteiger partial charge in [-0.3, -0.25) is 10.2 Å². The molecule has 1 fully saturated rings. The van der Waals surface area contributed by atoms with Gasteiger partial charge in [-0.1, -0.05) is 35.9 Å². The first-order chi connectivity index (χ1) is 17.3. The number of imidazole rings is 1. The van der Waals surface area contributed by atoms with Crippen molar-refractivity contribution in [3.05, 3.63) is 88.2 Å². The SMILES string of the molecule is CC(=O)Nc1ccc(C)cc1N1CCC(n2c(=N)n(Cc3ccccc3Cl)c3ccc(F)cc32)CC1. The molecule has 0 atom stereocenters. The van der Waals surface area contributed by atoms with Gasteiger partial charge in [0.25, 0.3) is 0 Å². The van der Waals surface area contributed by atoms with Crippen LogP contribution in [0.2, 0.25) is 5.02 Å². The number of carbonyl (C=O) groups excluding carboxylic acids is 1. The summed E-state index contributed by atoms with van der Waals surface area (Å²) >= 11 is 6.41. The summed E-state index contributed by atoms with van der Waals surface area (Å²) < 4.78 is 18.2. The van der Waals surface area contributed by atoms with E-state index in [4.69, 9.17) is 17.0 Å². The monoisotopic (exact) mass is 505 g/mol. The predicted molar refractivity (Wildman–Crippen MR) is 142 cm³/mol. The number of benzene rings is 3. The lowest BCUT2D eigenvalue weighted by atomic mass is 10.0. The van der Waals surface area contributed by atoms with Crippen molar-refractivity contribution in [3.8, 4) is 0 Å². The fourth-order valence-electron chi connectivity index (χ4n) is 5.17. The predicted octanol–water partition coefficient (Wildman–Crippen LogP) is 5.87. The smallest absolute Gasteiger partial charge is 0.221 e. The van der Waals surface area contributed by atoms with Crippen molar-refractivity contribution in [3.63, 3.8) is 0 Å². The summed E-state index contributed by atoms with van der Waals surface area (Å²) in [4.78, 5) is 14.0. The Kier molecular flexibility index (Phi) is 6.58. The summed E-state index contributed by atoms with van der Waals surface area (Å²) in [5.41, 5.74) is 5.73. The fraction of sp³-hybridized carbons (Fsp3) is 0.286. The lowest BCUT2D eigenvalue weighted by Gasteiger charge is -2.35. The molecule has 1 aliphatic rings. The van der Waals surface area contributed by atoms with Crippen molar-refractivity contribution in [2.75, 3.05) is 23.3 Å². The van der Waals surface area contributed by atoms with Crippen LogP contribution in [-0.2, 0) is 11.3 Å². The number of rotatable bonds is 5. The number of nitrogens with one attached hydrogen (secondary N) is 2. The van der Waals surface area contributed by atoms with Crippen molar-refractivity contribution in [2.45, 2.75) is 39.3 Å². The molecule has 0 saturated carbocycles. The molecule has 0 bridgehead atoms. The molecule has 0 aliphatic carbocycles. The lowest BCUT2D eigenvalue weighted by Crippen LogP contribution is -2.38. The van der Waals surface area contributed by atoms with Crippen LogP contribution in [0.4, 0.5) is 15.8 Å². The summed E-state index contributed by atoms with van der Waals surface area (Å²) in [5, 5.41) is 12.6. The van der Waals surface area contributed by atoms with Crippen molar-refractivity contribution in [1.82, 2.24) is 9.13 Å². The van der Waals surface area contributed by atoms with E-state index in [-0.39, 0.29) is 17.8 Å². The third-order valence-electron chi connectivity index (χ3n) is 6.89. The van der Waals surface area contributed by atoms with E-state index in [0.717, 1.165) is 59.5 Å². The number of aromatic nitrogens is 2. The minimum absolute atomic E-state index is 0.0552. The Bertz CT molecular complexity index is 1500. The molecule has 0 unspecified atom stereocenters. The van der Waals surface area contributed by atoms with E-state index in [9.17, 15) is 9.18 Å². The third kappa shape index (κ3) is 4.63. The van der Waals surface area contributed by atoms with Crippen LogP contribution in [0.5, 0.6) is 0 Å². The highest BCUT2D eigenvalue weighted by molar-refractivity contribution is 6.31. The summed E-state index contributed by atoms with van der Waals surface area (Å²) in [6.45, 7) is 5.52. The quantitative estimate of drug-likeness (QED) is 0.356. The Morgan fingerprint density at radius 1 is 1.08 bits per heavy atom. The van der Waals surface area contributed by atoms with Gasteiger partial charge >= 0.3 is 0 Å². The average Bonchev–Trinajstić information content (AvgIpc) is 3.11. The molecule has 6 nitrogen and oxygen atoms in total. The molecule has 0 spiro atoms. The zero-order chi connectivity index (χ0) is 25.4. The summed E-state index contributed by atoms with van der Waals surface area (Å²) in [6.07, 6.45) is 1.59. The van der Waals surface area contributed by atoms with E-state index in [1.165, 1.54) is 19.1 Å². The van der Waals surface area contributed by atoms with Crippen LogP contribution < -0.4 is 15.8 Å². The molecule has 5 rings (SSSR count). The Labute approximate surface area is 214 Å². The molecule has 36 heavy (non-hydrogen) atoms. The van der Waals surface area contributed by atoms with Crippen LogP contribution in [0, 0.1) is 18.2 Å². The average molecular weight is 506 g/mol. The van der Waals surface area contributed by atoms with E-state index in [1.807, 2.05) is 52.5 Å². The first-order valence-electron chi connectivity index (χ1n) is 12.1. The van der Waals surface area contributed by atoms with E-state index >= 15 is 0 Å². The second kappa shape index (κ2) is 9.82. The lowest BCUT2D eigenvalue weighted by molar-refractivity contribution is -0.114. The zero-order valence-electron chi connectivity index (χ0n) is 20.4. The first-order valence-corrected chi connectivity index (χ1v) is 12.5. The van der Waals surface area contributed by atoms with Gasteiger partial charge in [-0.05, 0) is 67.3 Å². The van der Waals surface area contributed by atoms with E-state index in [2.05, 4.69) is 16.3 Å². The van der Waals surface area contributed by atoms with Gasteiger partial charge in [0.1, 0.15) is 5.82 Å². The minimum Gasteiger partial charge on any atom is -0.370 e. The molecular formula is C28H29ClFN5O. The van der Waals surface area contributed by atoms with E-state index in [0.29, 0.717) is 17.2 Å². The Morgan fingerprint density at radius 3 is 2.56 bits per heavy atom. The fourth-order valence-corrected chi connectivity index (χ4v) is 5.36. The molecule has 2 N–H and O–H groups in total. The van der Waals surface area contributed by atoms with Gasteiger partial charge in [0.05, 0.1) is 29.0 Å². The number of hydrogen-bond donors (Lipinski definition) is 2. The maximum Gasteiger partial charge on any atom is 0.221 e. The number of anilines is 2. The topological polar surface area (TPSA) is 66.1 Å². The number of piperidine rings is 1. The maximum atomic E-state index is 14.3. The Morgan fingerprint density at radius 2 is 1.83 bits per heavy atom. The van der Waals surface area contributed by atoms with Crippen molar-refractivity contribution in [2.24, 2.45) is 0 Å². The number of fused-ring (bicyclic) bond motifs is 1. The second-order valence-electron chi connectivity index (χ2n) is 9.42. The molecule has 1 amide bonds. The molecule has 1 saturated heterocycles. The summed E-state index contributed by atoms with van der Waals surface area (Å²) in [6, 6.07) is 18.4. The maximum absolute atomic E-state index is 14.3. The van der Waals surface area contributed by atoms with Gasteiger partial charge in [-0.2, -0.15) is 0 Å². The Hall–Kier alpha value is -3.58. The van der Waals surface area contributed by atoms with Crippen molar-refractivity contribution < 1.29 is 9.18 Å². The number of carbonyl (C=O) groups is 1. The van der Waals surface area contributed by atoms with Crippen molar-refractivity contribution >= 4 is 39.9 Å². The Balaban J connectivity index is 1.47. The van der Waals surface area contributed by atoms with Gasteiger partial charge in [0, 0.05) is 31.1 Å². The highest BCUT2D eigenvalue weighted by Gasteiger charge is 2.26. The third-order valence-corrected chi connectivity index (χ3v) is 7.26. The normalized spacial score (nSPS) is 14.4. The molecule has 186 valence electrons. The molecule has 4 aromatic rings. The highest BCUT2D eigenvalue weighted by atomic mass is 35.5. The molecule has 2 heterocycles. The van der Waals surface area contributed by atoms with Gasteiger partial charge in [-0.15, -0.1) is 0 Å². The van der Waals surface area contributed by atoms with Gasteiger partial charge < -0.3 is 19.4 Å². The zero-order valence-corrected chi connectivity index (χ0v) is 21.1. The molecule has 8 heteroatoms. The second-order valence-corrected chi connectivity index (χ2v) is 9.83. The van der Waals surface area contributed by atoms with Gasteiger partial charge in [0.2, 0.25) is 11.5 Å². The van der Waals surface area contributed by atoms with Crippen LogP contribution in [0.3, 0.4) is 0 Å². The molecular weight excluding hydrogens is 477 g/mol. The van der Waals surface area contributed by atoms with Crippen LogP contribution >= 0.6 is 11.6 Å². The van der Waals surface area contributed by atoms with Crippen molar-refractivity contribution in [1.29, 1.82) is 5.41 Å². The van der Waals surface area contributed by atoms with E-state index < -0.39 is 0 Å². The largest absolute Gasteiger partial charge is 0.370 e. The van der Waals surface area contributed by atoms with Gasteiger partial charge in [-0.25, -0.2) is 4.39 Å². The number of hydrogen-bond acceptors (Lipinski definition) is 3. The van der Waals surface area contributed by atoms with Gasteiger partial charge in [0.15, 0.2) is 0 Å². The molecule has 1 aliphatic heterocycles.